The van der Waals surface area contributed by atoms with Crippen LogP contribution in [0.25, 0.3) is 11.1 Å². The fourth-order valence-electron chi connectivity index (χ4n) is 2.91. The van der Waals surface area contributed by atoms with Crippen molar-refractivity contribution < 1.29 is 4.79 Å². The van der Waals surface area contributed by atoms with Crippen LogP contribution in [0.3, 0.4) is 0 Å². The van der Waals surface area contributed by atoms with Crippen LogP contribution in [0.4, 0.5) is 0 Å². The molecule has 1 N–H and O–H groups in total. The molecule has 0 saturated carbocycles. The Labute approximate surface area is 133 Å². The summed E-state index contributed by atoms with van der Waals surface area (Å²) in [5, 5.41) is 2.85. The third kappa shape index (κ3) is 2.66. The SMILES string of the molecule is CNC(=O)C(C)(c1ccccc1-c1ccccc1)C(C)(C)C. The Kier molecular flexibility index (Phi) is 4.41. The largest absolute Gasteiger partial charge is 0.358 e. The molecule has 2 nitrogen and oxygen atoms in total. The molecule has 2 aromatic rings. The van der Waals surface area contributed by atoms with Crippen molar-refractivity contribution in [1.82, 2.24) is 5.32 Å². The van der Waals surface area contributed by atoms with E-state index in [0.29, 0.717) is 0 Å². The molecule has 1 unspecified atom stereocenters. The second-order valence-electron chi connectivity index (χ2n) is 6.87. The summed E-state index contributed by atoms with van der Waals surface area (Å²) >= 11 is 0. The highest BCUT2D eigenvalue weighted by Gasteiger charge is 2.46. The molecule has 2 aromatic carbocycles. The van der Waals surface area contributed by atoms with Crippen molar-refractivity contribution in [2.24, 2.45) is 5.41 Å². The lowest BCUT2D eigenvalue weighted by Crippen LogP contribution is -2.50. The Hall–Kier alpha value is -2.09. The van der Waals surface area contributed by atoms with Gasteiger partial charge in [0, 0.05) is 7.05 Å². The monoisotopic (exact) mass is 295 g/mol. The molecule has 0 fully saturated rings. The number of benzene rings is 2. The van der Waals surface area contributed by atoms with Crippen LogP contribution >= 0.6 is 0 Å². The minimum atomic E-state index is -0.617. The lowest BCUT2D eigenvalue weighted by Gasteiger charge is -2.41. The van der Waals surface area contributed by atoms with Gasteiger partial charge in [-0.25, -0.2) is 0 Å². The fourth-order valence-corrected chi connectivity index (χ4v) is 2.91. The number of nitrogens with one attached hydrogen (secondary N) is 1. The van der Waals surface area contributed by atoms with Crippen molar-refractivity contribution in [2.75, 3.05) is 7.05 Å². The number of hydrogen-bond acceptors (Lipinski definition) is 1. The lowest BCUT2D eigenvalue weighted by atomic mass is 9.62. The highest BCUT2D eigenvalue weighted by molar-refractivity contribution is 5.91. The third-order valence-electron chi connectivity index (χ3n) is 4.73. The first-order valence-electron chi connectivity index (χ1n) is 7.69. The summed E-state index contributed by atoms with van der Waals surface area (Å²) in [5.74, 6) is 0.0448. The van der Waals surface area contributed by atoms with Gasteiger partial charge in [-0.2, -0.15) is 0 Å². The van der Waals surface area contributed by atoms with Crippen LogP contribution in [0, 0.1) is 5.41 Å². The summed E-state index contributed by atoms with van der Waals surface area (Å²) in [6, 6.07) is 18.4. The molecule has 0 bridgehead atoms. The van der Waals surface area contributed by atoms with Gasteiger partial charge in [-0.05, 0) is 29.0 Å². The molecule has 1 atom stereocenters. The van der Waals surface area contributed by atoms with Crippen molar-refractivity contribution in [3.63, 3.8) is 0 Å². The van der Waals surface area contributed by atoms with Gasteiger partial charge in [0.2, 0.25) is 5.91 Å². The normalized spacial score (nSPS) is 14.2. The predicted molar refractivity (Wildman–Crippen MR) is 92.8 cm³/mol. The van der Waals surface area contributed by atoms with Crippen molar-refractivity contribution in [3.8, 4) is 11.1 Å². The molecule has 2 rings (SSSR count). The average Bonchev–Trinajstić information content (AvgIpc) is 2.53. The molecule has 22 heavy (non-hydrogen) atoms. The first-order valence-corrected chi connectivity index (χ1v) is 7.69. The third-order valence-corrected chi connectivity index (χ3v) is 4.73. The predicted octanol–water partition coefficient (Wildman–Crippen LogP) is 4.40. The molecule has 0 saturated heterocycles. The molecule has 0 heterocycles. The smallest absolute Gasteiger partial charge is 0.230 e. The number of likely N-dealkylation sites (N-methyl/N-ethyl adjacent to an activating group) is 1. The Morgan fingerprint density at radius 3 is 1.95 bits per heavy atom. The molecular weight excluding hydrogens is 270 g/mol. The van der Waals surface area contributed by atoms with Crippen LogP contribution in [0.5, 0.6) is 0 Å². The molecule has 1 amide bonds. The summed E-state index contributed by atoms with van der Waals surface area (Å²) in [6.45, 7) is 8.38. The highest BCUT2D eigenvalue weighted by atomic mass is 16.2. The molecule has 0 radical (unpaired) electrons. The molecular formula is C20H25NO. The second-order valence-corrected chi connectivity index (χ2v) is 6.87. The quantitative estimate of drug-likeness (QED) is 0.893. The van der Waals surface area contributed by atoms with Gasteiger partial charge < -0.3 is 5.32 Å². The zero-order valence-corrected chi connectivity index (χ0v) is 14.1. The molecule has 2 heteroatoms. The Morgan fingerprint density at radius 2 is 1.41 bits per heavy atom. The van der Waals surface area contributed by atoms with E-state index in [4.69, 9.17) is 0 Å². The number of amides is 1. The van der Waals surface area contributed by atoms with E-state index >= 15 is 0 Å². The van der Waals surface area contributed by atoms with Crippen LogP contribution < -0.4 is 5.32 Å². The van der Waals surface area contributed by atoms with E-state index in [0.717, 1.165) is 16.7 Å². The van der Waals surface area contributed by atoms with Crippen LogP contribution in [-0.4, -0.2) is 13.0 Å². The summed E-state index contributed by atoms with van der Waals surface area (Å²) in [7, 11) is 1.71. The van der Waals surface area contributed by atoms with Crippen LogP contribution in [0.1, 0.15) is 33.3 Å². The number of carbonyl (C=O) groups excluding carboxylic acids is 1. The van der Waals surface area contributed by atoms with Gasteiger partial charge in [-0.3, -0.25) is 4.79 Å². The molecule has 0 spiro atoms. The van der Waals surface area contributed by atoms with Crippen molar-refractivity contribution in [3.05, 3.63) is 60.2 Å². The number of hydrogen-bond donors (Lipinski definition) is 1. The first kappa shape index (κ1) is 16.3. The molecule has 116 valence electrons. The Bertz CT molecular complexity index is 655. The van der Waals surface area contributed by atoms with Crippen molar-refractivity contribution in [2.45, 2.75) is 33.1 Å². The van der Waals surface area contributed by atoms with Crippen LogP contribution in [0.2, 0.25) is 0 Å². The van der Waals surface area contributed by atoms with Gasteiger partial charge in [-0.1, -0.05) is 75.4 Å². The van der Waals surface area contributed by atoms with Crippen molar-refractivity contribution >= 4 is 5.91 Å². The highest BCUT2D eigenvalue weighted by Crippen LogP contribution is 2.45. The first-order chi connectivity index (χ1) is 10.3. The van der Waals surface area contributed by atoms with Gasteiger partial charge in [0.05, 0.1) is 5.41 Å². The lowest BCUT2D eigenvalue weighted by molar-refractivity contribution is -0.129. The van der Waals surface area contributed by atoms with E-state index in [1.807, 2.05) is 37.3 Å². The topological polar surface area (TPSA) is 29.1 Å². The summed E-state index contributed by atoms with van der Waals surface area (Å²) < 4.78 is 0. The Balaban J connectivity index is 2.72. The van der Waals surface area contributed by atoms with Gasteiger partial charge >= 0.3 is 0 Å². The molecule has 0 aliphatic heterocycles. The minimum absolute atomic E-state index is 0.0448. The second kappa shape index (κ2) is 5.96. The average molecular weight is 295 g/mol. The van der Waals surface area contributed by atoms with E-state index in [-0.39, 0.29) is 11.3 Å². The molecule has 0 aliphatic rings. The minimum Gasteiger partial charge on any atom is -0.358 e. The fraction of sp³-hybridized carbons (Fsp3) is 0.350. The van der Waals surface area contributed by atoms with Crippen LogP contribution in [-0.2, 0) is 10.2 Å². The summed E-state index contributed by atoms with van der Waals surface area (Å²) in [5.41, 5.74) is 2.49. The van der Waals surface area contributed by atoms with Crippen molar-refractivity contribution in [1.29, 1.82) is 0 Å². The van der Waals surface area contributed by atoms with E-state index in [1.165, 1.54) is 0 Å². The molecule has 0 aliphatic carbocycles. The maximum atomic E-state index is 12.8. The van der Waals surface area contributed by atoms with Gasteiger partial charge in [0.15, 0.2) is 0 Å². The maximum Gasteiger partial charge on any atom is 0.230 e. The summed E-state index contributed by atoms with van der Waals surface area (Å²) in [4.78, 5) is 12.8. The maximum absolute atomic E-state index is 12.8. The zero-order valence-electron chi connectivity index (χ0n) is 14.1. The van der Waals surface area contributed by atoms with Crippen LogP contribution in [0.15, 0.2) is 54.6 Å². The van der Waals surface area contributed by atoms with E-state index < -0.39 is 5.41 Å². The number of rotatable bonds is 3. The van der Waals surface area contributed by atoms with E-state index in [1.54, 1.807) is 7.05 Å². The Morgan fingerprint density at radius 1 is 0.864 bits per heavy atom. The number of carbonyl (C=O) groups is 1. The summed E-state index contributed by atoms with van der Waals surface area (Å²) in [6.07, 6.45) is 0. The van der Waals surface area contributed by atoms with E-state index in [9.17, 15) is 4.79 Å². The zero-order chi connectivity index (χ0) is 16.4. The van der Waals surface area contributed by atoms with E-state index in [2.05, 4.69) is 50.4 Å². The standard InChI is InChI=1S/C20H25NO/c1-19(2,3)20(4,18(22)21-5)17-14-10-9-13-16(17)15-11-7-6-8-12-15/h6-14H,1-5H3,(H,21,22). The van der Waals surface area contributed by atoms with Gasteiger partial charge in [-0.15, -0.1) is 0 Å². The molecule has 0 aromatic heterocycles. The van der Waals surface area contributed by atoms with Gasteiger partial charge in [0.1, 0.15) is 0 Å². The van der Waals surface area contributed by atoms with Gasteiger partial charge in [0.25, 0.3) is 0 Å².